The second-order valence-electron chi connectivity index (χ2n) is 2.90. The highest BCUT2D eigenvalue weighted by molar-refractivity contribution is 5.07. The molecule has 1 aromatic rings. The number of aromatic nitrogens is 1. The molecule has 1 nitrogen and oxygen atoms in total. The molecular formula is C9H12FN. The van der Waals surface area contributed by atoms with Gasteiger partial charge < -0.3 is 0 Å². The van der Waals surface area contributed by atoms with Crippen molar-refractivity contribution in [2.45, 2.75) is 20.0 Å². The van der Waals surface area contributed by atoms with Gasteiger partial charge in [0, 0.05) is 6.20 Å². The van der Waals surface area contributed by atoms with E-state index in [4.69, 9.17) is 0 Å². The molecule has 0 bridgehead atoms. The Hall–Kier alpha value is -0.920. The Bertz CT molecular complexity index is 208. The van der Waals surface area contributed by atoms with Crippen LogP contribution in [0.25, 0.3) is 0 Å². The molecule has 0 N–H and O–H groups in total. The predicted molar refractivity (Wildman–Crippen MR) is 42.9 cm³/mol. The number of nitrogens with zero attached hydrogens (tertiary/aromatic N) is 1. The summed E-state index contributed by atoms with van der Waals surface area (Å²) in [5.74, 6) is 0.00454. The van der Waals surface area contributed by atoms with Gasteiger partial charge in [-0.1, -0.05) is 19.9 Å². The Morgan fingerprint density at radius 2 is 2.09 bits per heavy atom. The molecule has 0 saturated carbocycles. The summed E-state index contributed by atoms with van der Waals surface area (Å²) < 4.78 is 13.2. The van der Waals surface area contributed by atoms with Gasteiger partial charge in [0.05, 0.1) is 5.69 Å². The Morgan fingerprint density at radius 3 is 2.55 bits per heavy atom. The fourth-order valence-electron chi connectivity index (χ4n) is 0.881. The highest BCUT2D eigenvalue weighted by Gasteiger charge is 2.14. The molecule has 0 aliphatic heterocycles. The third kappa shape index (κ3) is 2.00. The van der Waals surface area contributed by atoms with Gasteiger partial charge in [0.25, 0.3) is 0 Å². The number of hydrogen-bond acceptors (Lipinski definition) is 1. The normalized spacial score (nSPS) is 13.5. The molecule has 0 amide bonds. The first kappa shape index (κ1) is 8.18. The molecule has 0 spiro atoms. The van der Waals surface area contributed by atoms with Crippen LogP contribution in [0.15, 0.2) is 24.4 Å². The van der Waals surface area contributed by atoms with E-state index >= 15 is 0 Å². The maximum atomic E-state index is 13.2. The molecule has 1 aromatic heterocycles. The minimum atomic E-state index is -0.934. The molecule has 60 valence electrons. The molecule has 0 radical (unpaired) electrons. The summed E-state index contributed by atoms with van der Waals surface area (Å²) in [4.78, 5) is 3.92. The van der Waals surface area contributed by atoms with Crippen molar-refractivity contribution in [3.63, 3.8) is 0 Å². The molecule has 1 atom stereocenters. The Labute approximate surface area is 66.3 Å². The van der Waals surface area contributed by atoms with Crippen LogP contribution in [0, 0.1) is 5.92 Å². The molecule has 0 aliphatic rings. The molecule has 1 unspecified atom stereocenters. The van der Waals surface area contributed by atoms with Gasteiger partial charge in [-0.05, 0) is 18.1 Å². The monoisotopic (exact) mass is 153 g/mol. The van der Waals surface area contributed by atoms with E-state index in [1.807, 2.05) is 13.8 Å². The average molecular weight is 153 g/mol. The van der Waals surface area contributed by atoms with E-state index in [-0.39, 0.29) is 5.92 Å². The molecular weight excluding hydrogens is 141 g/mol. The van der Waals surface area contributed by atoms with Crippen LogP contribution in [0.3, 0.4) is 0 Å². The Morgan fingerprint density at radius 1 is 1.36 bits per heavy atom. The van der Waals surface area contributed by atoms with Gasteiger partial charge in [0.15, 0.2) is 0 Å². The Balaban J connectivity index is 2.77. The van der Waals surface area contributed by atoms with E-state index in [1.54, 1.807) is 24.4 Å². The van der Waals surface area contributed by atoms with Crippen molar-refractivity contribution in [1.29, 1.82) is 0 Å². The van der Waals surface area contributed by atoms with Crippen molar-refractivity contribution in [3.8, 4) is 0 Å². The largest absolute Gasteiger partial charge is 0.258 e. The van der Waals surface area contributed by atoms with Crippen LogP contribution in [0.2, 0.25) is 0 Å². The van der Waals surface area contributed by atoms with Gasteiger partial charge in [-0.2, -0.15) is 0 Å². The minimum Gasteiger partial charge on any atom is -0.258 e. The molecule has 0 aliphatic carbocycles. The van der Waals surface area contributed by atoms with Crippen LogP contribution in [0.1, 0.15) is 25.7 Å². The van der Waals surface area contributed by atoms with Crippen molar-refractivity contribution in [2.75, 3.05) is 0 Å². The number of rotatable bonds is 2. The summed E-state index contributed by atoms with van der Waals surface area (Å²) in [6, 6.07) is 5.30. The summed E-state index contributed by atoms with van der Waals surface area (Å²) in [6.07, 6.45) is 0.681. The summed E-state index contributed by atoms with van der Waals surface area (Å²) in [5, 5.41) is 0. The maximum absolute atomic E-state index is 13.2. The van der Waals surface area contributed by atoms with Gasteiger partial charge in [-0.25, -0.2) is 4.39 Å². The molecule has 2 heteroatoms. The zero-order valence-electron chi connectivity index (χ0n) is 6.79. The fraction of sp³-hybridized carbons (Fsp3) is 0.444. The van der Waals surface area contributed by atoms with Gasteiger partial charge >= 0.3 is 0 Å². The van der Waals surface area contributed by atoms with Crippen LogP contribution in [-0.2, 0) is 0 Å². The first-order valence-electron chi connectivity index (χ1n) is 3.77. The topological polar surface area (TPSA) is 12.9 Å². The van der Waals surface area contributed by atoms with E-state index in [0.717, 1.165) is 0 Å². The number of alkyl halides is 1. The van der Waals surface area contributed by atoms with E-state index in [9.17, 15) is 4.39 Å². The first-order chi connectivity index (χ1) is 5.22. The highest BCUT2D eigenvalue weighted by atomic mass is 19.1. The zero-order valence-corrected chi connectivity index (χ0v) is 6.79. The number of halogens is 1. The summed E-state index contributed by atoms with van der Waals surface area (Å²) in [5.41, 5.74) is 0.530. The van der Waals surface area contributed by atoms with Crippen molar-refractivity contribution in [2.24, 2.45) is 5.92 Å². The van der Waals surface area contributed by atoms with Gasteiger partial charge in [-0.15, -0.1) is 0 Å². The lowest BCUT2D eigenvalue weighted by Gasteiger charge is -2.09. The highest BCUT2D eigenvalue weighted by Crippen LogP contribution is 2.22. The summed E-state index contributed by atoms with van der Waals surface area (Å²) >= 11 is 0. The van der Waals surface area contributed by atoms with Gasteiger partial charge in [-0.3, -0.25) is 4.98 Å². The lowest BCUT2D eigenvalue weighted by Crippen LogP contribution is -2.01. The molecule has 1 rings (SSSR count). The lowest BCUT2D eigenvalue weighted by atomic mass is 10.1. The molecule has 1 heterocycles. The standard InChI is InChI=1S/C9H12FN/c1-7(2)9(10)8-5-3-4-6-11-8/h3-7,9H,1-2H3. The van der Waals surface area contributed by atoms with Crippen LogP contribution in [-0.4, -0.2) is 4.98 Å². The molecule has 0 saturated heterocycles. The SMILES string of the molecule is CC(C)C(F)c1ccccn1. The van der Waals surface area contributed by atoms with E-state index in [0.29, 0.717) is 5.69 Å². The smallest absolute Gasteiger partial charge is 0.144 e. The van der Waals surface area contributed by atoms with Crippen LogP contribution in [0.4, 0.5) is 4.39 Å². The van der Waals surface area contributed by atoms with Gasteiger partial charge in [0.1, 0.15) is 6.17 Å². The van der Waals surface area contributed by atoms with Crippen molar-refractivity contribution in [3.05, 3.63) is 30.1 Å². The fourth-order valence-corrected chi connectivity index (χ4v) is 0.881. The average Bonchev–Trinajstić information content (AvgIpc) is 2.05. The van der Waals surface area contributed by atoms with Crippen LogP contribution in [0.5, 0.6) is 0 Å². The lowest BCUT2D eigenvalue weighted by molar-refractivity contribution is 0.255. The second-order valence-corrected chi connectivity index (χ2v) is 2.90. The third-order valence-electron chi connectivity index (χ3n) is 1.56. The van der Waals surface area contributed by atoms with Crippen LogP contribution < -0.4 is 0 Å². The molecule has 11 heavy (non-hydrogen) atoms. The van der Waals surface area contributed by atoms with Crippen molar-refractivity contribution in [1.82, 2.24) is 4.98 Å². The van der Waals surface area contributed by atoms with E-state index < -0.39 is 6.17 Å². The summed E-state index contributed by atoms with van der Waals surface area (Å²) in [7, 11) is 0. The van der Waals surface area contributed by atoms with Crippen molar-refractivity contribution < 1.29 is 4.39 Å². The quantitative estimate of drug-likeness (QED) is 0.636. The van der Waals surface area contributed by atoms with Crippen LogP contribution >= 0.6 is 0 Å². The minimum absolute atomic E-state index is 0.00454. The Kier molecular flexibility index (Phi) is 2.58. The third-order valence-corrected chi connectivity index (χ3v) is 1.56. The van der Waals surface area contributed by atoms with Gasteiger partial charge in [0.2, 0.25) is 0 Å². The first-order valence-corrected chi connectivity index (χ1v) is 3.77. The van der Waals surface area contributed by atoms with E-state index in [1.165, 1.54) is 0 Å². The summed E-state index contributed by atoms with van der Waals surface area (Å²) in [6.45, 7) is 3.69. The van der Waals surface area contributed by atoms with E-state index in [2.05, 4.69) is 4.98 Å². The molecule has 0 fully saturated rings. The molecule has 0 aromatic carbocycles. The second kappa shape index (κ2) is 3.46. The number of pyridine rings is 1. The number of hydrogen-bond donors (Lipinski definition) is 0. The predicted octanol–water partition coefficient (Wildman–Crippen LogP) is 2.75. The zero-order chi connectivity index (χ0) is 8.27. The van der Waals surface area contributed by atoms with Crippen molar-refractivity contribution >= 4 is 0 Å². The maximum Gasteiger partial charge on any atom is 0.144 e.